The molecule has 4 N–H and O–H groups in total. The number of rotatable bonds is 14. The predicted molar refractivity (Wildman–Crippen MR) is 205 cm³/mol. The summed E-state index contributed by atoms with van der Waals surface area (Å²) in [4.78, 5) is 31.1. The Morgan fingerprint density at radius 2 is 1.32 bits per heavy atom. The summed E-state index contributed by atoms with van der Waals surface area (Å²) in [6.07, 6.45) is 0. The van der Waals surface area contributed by atoms with Crippen molar-refractivity contribution in [2.45, 2.75) is 16.9 Å². The van der Waals surface area contributed by atoms with Crippen molar-refractivity contribution >= 4 is 57.8 Å². The number of carboxylic acids is 2. The first-order valence-electron chi connectivity index (χ1n) is 16.0. The molecule has 0 spiro atoms. The van der Waals surface area contributed by atoms with Crippen LogP contribution in [0.2, 0.25) is 5.02 Å². The number of carbonyl (C=O) groups is 2. The Bertz CT molecular complexity index is 2470. The van der Waals surface area contributed by atoms with Gasteiger partial charge < -0.3 is 19.7 Å². The second-order valence-corrected chi connectivity index (χ2v) is 14.0. The fourth-order valence-electron chi connectivity index (χ4n) is 5.58. The number of aliphatic carboxylic acids is 2. The molecule has 0 saturated heterocycles. The average molecular weight is 765 g/mol. The number of thioether (sulfide) groups is 2. The zero-order valence-electron chi connectivity index (χ0n) is 27.9. The van der Waals surface area contributed by atoms with Gasteiger partial charge in [-0.15, -0.1) is 10.2 Å². The quantitative estimate of drug-likeness (QED) is 0.0780. The third kappa shape index (κ3) is 8.63. The van der Waals surface area contributed by atoms with Crippen LogP contribution in [0.5, 0.6) is 11.5 Å². The van der Waals surface area contributed by atoms with E-state index < -0.39 is 11.9 Å². The Balaban J connectivity index is 1.16. The van der Waals surface area contributed by atoms with E-state index in [1.54, 1.807) is 13.2 Å². The van der Waals surface area contributed by atoms with Gasteiger partial charge in [-0.05, 0) is 81.6 Å². The number of benzene rings is 5. The maximum atomic E-state index is 11.2. The lowest BCUT2D eigenvalue weighted by Crippen LogP contribution is -2.00. The van der Waals surface area contributed by atoms with Gasteiger partial charge in [0.15, 0.2) is 11.6 Å². The molecule has 0 aliphatic carbocycles. The second-order valence-electron chi connectivity index (χ2n) is 11.6. The van der Waals surface area contributed by atoms with Crippen molar-refractivity contribution in [1.29, 1.82) is 0 Å². The summed E-state index contributed by atoms with van der Waals surface area (Å²) < 4.78 is 11.7. The van der Waals surface area contributed by atoms with Gasteiger partial charge in [-0.2, -0.15) is 0 Å². The van der Waals surface area contributed by atoms with Crippen molar-refractivity contribution in [3.8, 4) is 56.5 Å². The van der Waals surface area contributed by atoms with Gasteiger partial charge in [-0.25, -0.2) is 9.97 Å². The van der Waals surface area contributed by atoms with Gasteiger partial charge in [0.25, 0.3) is 0 Å². The van der Waals surface area contributed by atoms with Gasteiger partial charge in [0.2, 0.25) is 10.3 Å². The molecule has 12 nitrogen and oxygen atoms in total. The number of aromatic nitrogens is 6. The molecule has 0 amide bonds. The van der Waals surface area contributed by atoms with E-state index in [4.69, 9.17) is 31.3 Å². The SMILES string of the molecule is COc1ccc2cc(-c3ccc(COc4cc(Cl)cc(-c5cccc(-c6nc(SCC(=O)O)n[nH]6)c5)c4)c(-c4nc(SCC(=O)O)n[nH]4)c3)ccc2c1. The van der Waals surface area contributed by atoms with Crippen LogP contribution in [-0.4, -0.2) is 71.1 Å². The lowest BCUT2D eigenvalue weighted by atomic mass is 9.97. The number of nitrogens with one attached hydrogen (secondary N) is 2. The number of fused-ring (bicyclic) bond motifs is 1. The molecule has 7 aromatic rings. The molecule has 0 aliphatic heterocycles. The number of ether oxygens (including phenoxy) is 2. The third-order valence-electron chi connectivity index (χ3n) is 8.06. The minimum atomic E-state index is -0.960. The molecule has 266 valence electrons. The van der Waals surface area contributed by atoms with Crippen LogP contribution >= 0.6 is 35.1 Å². The Labute approximate surface area is 316 Å². The monoisotopic (exact) mass is 764 g/mol. The molecule has 7 rings (SSSR count). The van der Waals surface area contributed by atoms with Crippen LogP contribution in [0, 0.1) is 0 Å². The van der Waals surface area contributed by atoms with Crippen LogP contribution in [0.15, 0.2) is 107 Å². The standard InChI is InChI=1S/C38H29ClN6O6S2/c1-50-30-10-9-23-11-22(5-6-24(23)14-30)25-7-8-27(32(16-25)36-41-38(45-43-36)53-20-34(48)49)18-51-31-15-28(13-29(39)17-31)21-3-2-4-26(12-21)35-40-37(44-42-35)52-19-33(46)47/h2-17H,18-20H2,1H3,(H,46,47)(H,48,49)(H,40,42,44)(H,41,43,45). The van der Waals surface area contributed by atoms with Crippen LogP contribution in [0.3, 0.4) is 0 Å². The molecule has 2 aromatic heterocycles. The highest BCUT2D eigenvalue weighted by molar-refractivity contribution is 8.00. The molecule has 0 bridgehead atoms. The number of nitrogens with zero attached hydrogens (tertiary/aromatic N) is 4. The first-order chi connectivity index (χ1) is 25.7. The minimum Gasteiger partial charge on any atom is -0.497 e. The number of methoxy groups -OCH3 is 1. The summed E-state index contributed by atoms with van der Waals surface area (Å²) in [6.45, 7) is 0.167. The normalized spacial score (nSPS) is 11.1. The van der Waals surface area contributed by atoms with E-state index in [0.717, 1.165) is 79.0 Å². The smallest absolute Gasteiger partial charge is 0.313 e. The number of carboxylic acid groups (broad SMARTS) is 2. The maximum absolute atomic E-state index is 11.2. The van der Waals surface area contributed by atoms with Gasteiger partial charge in [0.05, 0.1) is 18.6 Å². The first-order valence-corrected chi connectivity index (χ1v) is 18.4. The number of aromatic amines is 2. The molecule has 0 radical (unpaired) electrons. The lowest BCUT2D eigenvalue weighted by molar-refractivity contribution is -0.134. The van der Waals surface area contributed by atoms with Crippen molar-refractivity contribution in [3.05, 3.63) is 108 Å². The summed E-state index contributed by atoms with van der Waals surface area (Å²) in [6, 6.07) is 31.3. The first kappa shape index (κ1) is 35.6. The highest BCUT2D eigenvalue weighted by Gasteiger charge is 2.16. The fourth-order valence-corrected chi connectivity index (χ4v) is 6.84. The van der Waals surface area contributed by atoms with Crippen LogP contribution in [0.1, 0.15) is 5.56 Å². The van der Waals surface area contributed by atoms with Crippen molar-refractivity contribution in [2.75, 3.05) is 18.6 Å². The molecular formula is C38H29ClN6O6S2. The molecule has 5 aromatic carbocycles. The zero-order valence-corrected chi connectivity index (χ0v) is 30.3. The number of hydrogen-bond donors (Lipinski definition) is 4. The van der Waals surface area contributed by atoms with E-state index in [1.165, 1.54) is 0 Å². The summed E-state index contributed by atoms with van der Waals surface area (Å²) in [5.74, 6) is 0.103. The molecule has 15 heteroatoms. The van der Waals surface area contributed by atoms with E-state index >= 15 is 0 Å². The Kier molecular flexibility index (Phi) is 10.6. The van der Waals surface area contributed by atoms with Crippen LogP contribution in [0.4, 0.5) is 0 Å². The zero-order chi connectivity index (χ0) is 36.9. The average Bonchev–Trinajstić information content (AvgIpc) is 3.85. The summed E-state index contributed by atoms with van der Waals surface area (Å²) >= 11 is 8.66. The topological polar surface area (TPSA) is 176 Å². The van der Waals surface area contributed by atoms with Gasteiger partial charge in [0, 0.05) is 21.7 Å². The summed E-state index contributed by atoms with van der Waals surface area (Å²) in [5.41, 5.74) is 5.95. The second kappa shape index (κ2) is 15.8. The number of hydrogen-bond acceptors (Lipinski definition) is 10. The van der Waals surface area contributed by atoms with Crippen molar-refractivity contribution in [1.82, 2.24) is 30.4 Å². The van der Waals surface area contributed by atoms with Gasteiger partial charge in [-0.1, -0.05) is 83.7 Å². The third-order valence-corrected chi connectivity index (χ3v) is 9.94. The molecule has 0 saturated carbocycles. The van der Waals surface area contributed by atoms with Crippen molar-refractivity contribution in [2.24, 2.45) is 0 Å². The van der Waals surface area contributed by atoms with Crippen LogP contribution in [0.25, 0.3) is 55.8 Å². The van der Waals surface area contributed by atoms with E-state index in [0.29, 0.717) is 32.7 Å². The van der Waals surface area contributed by atoms with Gasteiger partial charge >= 0.3 is 11.9 Å². The van der Waals surface area contributed by atoms with E-state index in [2.05, 4.69) is 42.5 Å². The van der Waals surface area contributed by atoms with Crippen molar-refractivity contribution < 1.29 is 29.3 Å². The Morgan fingerprint density at radius 1 is 0.679 bits per heavy atom. The largest absolute Gasteiger partial charge is 0.497 e. The maximum Gasteiger partial charge on any atom is 0.313 e. The van der Waals surface area contributed by atoms with Crippen molar-refractivity contribution in [3.63, 3.8) is 0 Å². The van der Waals surface area contributed by atoms with Gasteiger partial charge in [0.1, 0.15) is 18.1 Å². The summed E-state index contributed by atoms with van der Waals surface area (Å²) in [5, 5.41) is 35.6. The van der Waals surface area contributed by atoms with E-state index in [9.17, 15) is 9.59 Å². The predicted octanol–water partition coefficient (Wildman–Crippen LogP) is 8.34. The van der Waals surface area contributed by atoms with E-state index in [1.807, 2.05) is 78.9 Å². The van der Waals surface area contributed by atoms with Gasteiger partial charge in [-0.3, -0.25) is 19.8 Å². The molecule has 0 fully saturated rings. The molecule has 0 unspecified atom stereocenters. The highest BCUT2D eigenvalue weighted by Crippen LogP contribution is 2.34. The Morgan fingerprint density at radius 3 is 2.08 bits per heavy atom. The highest BCUT2D eigenvalue weighted by atomic mass is 35.5. The molecular weight excluding hydrogens is 736 g/mol. The van der Waals surface area contributed by atoms with Crippen LogP contribution in [-0.2, 0) is 16.2 Å². The van der Waals surface area contributed by atoms with E-state index in [-0.39, 0.29) is 18.1 Å². The number of H-pyrrole nitrogens is 2. The Hall–Kier alpha value is -5.83. The molecule has 2 heterocycles. The molecule has 53 heavy (non-hydrogen) atoms. The summed E-state index contributed by atoms with van der Waals surface area (Å²) in [7, 11) is 1.65. The number of halogens is 1. The fraction of sp³-hybridized carbons (Fsp3) is 0.105. The molecule has 0 aliphatic rings. The van der Waals surface area contributed by atoms with Crippen LogP contribution < -0.4 is 9.47 Å². The molecule has 0 atom stereocenters. The minimum absolute atomic E-state index is 0.139. The lowest BCUT2D eigenvalue weighted by Gasteiger charge is -2.14.